The summed E-state index contributed by atoms with van der Waals surface area (Å²) in [4.78, 5) is 0. The molecule has 75 valence electrons. The van der Waals surface area contributed by atoms with Crippen LogP contribution in [-0.4, -0.2) is 10.2 Å². The fourth-order valence-corrected chi connectivity index (χ4v) is 1.12. The summed E-state index contributed by atoms with van der Waals surface area (Å²) in [6, 6.07) is 6.15. The normalized spacial score (nSPS) is 9.43. The summed E-state index contributed by atoms with van der Waals surface area (Å²) in [5.74, 6) is 0. The molecule has 0 radical (unpaired) electrons. The number of halogens is 3. The van der Waals surface area contributed by atoms with Crippen LogP contribution in [-0.2, 0) is 14.7 Å². The summed E-state index contributed by atoms with van der Waals surface area (Å²) >= 11 is -1.92. The van der Waals surface area contributed by atoms with E-state index in [-0.39, 0.29) is 0 Å². The fourth-order valence-electron chi connectivity index (χ4n) is 1.12. The third-order valence-corrected chi connectivity index (χ3v) is 1.69. The van der Waals surface area contributed by atoms with Crippen LogP contribution in [0.15, 0.2) is 24.4 Å². The Morgan fingerprint density at radius 2 is 1.93 bits per heavy atom. The molecular formula is C8H8Cl3N2Ti. The van der Waals surface area contributed by atoms with Gasteiger partial charge in [0, 0.05) is 5.39 Å². The van der Waals surface area contributed by atoms with E-state index in [1.54, 1.807) is 0 Å². The van der Waals surface area contributed by atoms with Gasteiger partial charge in [0.15, 0.2) is 0 Å². The van der Waals surface area contributed by atoms with Crippen LogP contribution in [0.5, 0.6) is 0 Å². The Bertz CT molecular complexity index is 399. The van der Waals surface area contributed by atoms with E-state index in [9.17, 15) is 0 Å². The second-order valence-corrected chi connectivity index (χ2v) is 10.4. The van der Waals surface area contributed by atoms with Gasteiger partial charge in [0.2, 0.25) is 0 Å². The Morgan fingerprint density at radius 1 is 1.29 bits per heavy atom. The van der Waals surface area contributed by atoms with E-state index in [1.165, 1.54) is 10.9 Å². The quantitative estimate of drug-likeness (QED) is 0.730. The van der Waals surface area contributed by atoms with E-state index in [1.807, 2.05) is 18.3 Å². The Balaban J connectivity index is 0.000000213. The molecule has 0 atom stereocenters. The average Bonchev–Trinajstić information content (AvgIpc) is 2.52. The first-order valence-corrected chi connectivity index (χ1v) is 10.3. The van der Waals surface area contributed by atoms with E-state index >= 15 is 0 Å². The molecule has 0 saturated heterocycles. The van der Waals surface area contributed by atoms with Crippen LogP contribution in [0.2, 0.25) is 0 Å². The molecule has 0 bridgehead atoms. The number of nitrogens with zero attached hydrogens (tertiary/aromatic N) is 1. The van der Waals surface area contributed by atoms with Gasteiger partial charge >= 0.3 is 42.6 Å². The molecule has 0 spiro atoms. The Hall–Kier alpha value is 0.274. The van der Waals surface area contributed by atoms with E-state index in [2.05, 4.69) is 23.2 Å². The number of rotatable bonds is 0. The van der Waals surface area contributed by atoms with Crippen LogP contribution < -0.4 is 0 Å². The van der Waals surface area contributed by atoms with Gasteiger partial charge in [-0.15, -0.1) is 0 Å². The third kappa shape index (κ3) is 3.80. The van der Waals surface area contributed by atoms with Crippen LogP contribution >= 0.6 is 27.9 Å². The SMILES string of the molecule is Cc1cccc2cn[nH]c12.[Cl][Ti]([Cl])[Cl]. The number of H-pyrrole nitrogens is 1. The maximum atomic E-state index is 4.97. The standard InChI is InChI=1S/C8H8N2.3ClH.Ti/c1-6-3-2-4-7-5-9-10-8(6)7;;;;/h2-5H,1H3,(H,9,10);3*1H;/q;;;;+3/p-3. The van der Waals surface area contributed by atoms with Crippen molar-refractivity contribution >= 4 is 38.8 Å². The molecule has 2 nitrogen and oxygen atoms in total. The molecule has 0 aliphatic rings. The summed E-state index contributed by atoms with van der Waals surface area (Å²) < 4.78 is 0. The number of aromatic amines is 1. The first-order valence-electron chi connectivity index (χ1n) is 3.83. The number of para-hydroxylation sites is 1. The Kier molecular flexibility index (Phi) is 5.28. The molecule has 1 N–H and O–H groups in total. The first-order chi connectivity index (χ1) is 6.61. The summed E-state index contributed by atoms with van der Waals surface area (Å²) in [6.07, 6.45) is 1.84. The molecule has 1 aromatic carbocycles. The molecule has 0 amide bonds. The summed E-state index contributed by atoms with van der Waals surface area (Å²) in [7, 11) is 14.9. The number of benzene rings is 1. The molecule has 0 unspecified atom stereocenters. The maximum absolute atomic E-state index is 4.97. The Morgan fingerprint density at radius 3 is 2.50 bits per heavy atom. The predicted octanol–water partition coefficient (Wildman–Crippen LogP) is 3.94. The molecule has 0 fully saturated rings. The fraction of sp³-hybridized carbons (Fsp3) is 0.125. The molecule has 2 rings (SSSR count). The predicted molar refractivity (Wildman–Crippen MR) is 58.4 cm³/mol. The van der Waals surface area contributed by atoms with Crippen LogP contribution in [0.3, 0.4) is 0 Å². The number of aryl methyl sites for hydroxylation is 1. The number of fused-ring (bicyclic) bond motifs is 1. The van der Waals surface area contributed by atoms with Gasteiger partial charge in [0.05, 0.1) is 11.7 Å². The van der Waals surface area contributed by atoms with Crippen molar-refractivity contribution < 1.29 is 14.7 Å². The molecule has 0 aliphatic heterocycles. The molecule has 1 aromatic heterocycles. The van der Waals surface area contributed by atoms with Crippen molar-refractivity contribution in [3.63, 3.8) is 0 Å². The van der Waals surface area contributed by atoms with Gasteiger partial charge in [-0.05, 0) is 12.5 Å². The average molecular weight is 286 g/mol. The van der Waals surface area contributed by atoms with Crippen LogP contribution in [0.25, 0.3) is 10.9 Å². The van der Waals surface area contributed by atoms with Gasteiger partial charge in [-0.25, -0.2) is 0 Å². The van der Waals surface area contributed by atoms with Crippen molar-refractivity contribution in [1.29, 1.82) is 0 Å². The molecule has 0 aliphatic carbocycles. The monoisotopic (exact) mass is 285 g/mol. The van der Waals surface area contributed by atoms with Crippen LogP contribution in [0, 0.1) is 6.92 Å². The van der Waals surface area contributed by atoms with Crippen molar-refractivity contribution in [2.75, 3.05) is 0 Å². The van der Waals surface area contributed by atoms with E-state index in [0.29, 0.717) is 0 Å². The zero-order chi connectivity index (χ0) is 10.6. The summed E-state index contributed by atoms with van der Waals surface area (Å²) in [6.45, 7) is 2.07. The van der Waals surface area contributed by atoms with Gasteiger partial charge in [-0.2, -0.15) is 5.10 Å². The second-order valence-electron chi connectivity index (χ2n) is 2.62. The minimum atomic E-state index is -1.92. The Labute approximate surface area is 100 Å². The van der Waals surface area contributed by atoms with E-state index in [4.69, 9.17) is 27.9 Å². The topological polar surface area (TPSA) is 28.7 Å². The zero-order valence-electron chi connectivity index (χ0n) is 7.39. The molecule has 0 saturated carbocycles. The first kappa shape index (κ1) is 12.3. The van der Waals surface area contributed by atoms with E-state index < -0.39 is 14.7 Å². The van der Waals surface area contributed by atoms with Crippen molar-refractivity contribution in [2.24, 2.45) is 0 Å². The van der Waals surface area contributed by atoms with Gasteiger partial charge < -0.3 is 0 Å². The summed E-state index contributed by atoms with van der Waals surface area (Å²) in [5.41, 5.74) is 2.39. The van der Waals surface area contributed by atoms with Gasteiger partial charge in [-0.1, -0.05) is 18.2 Å². The molecule has 6 heteroatoms. The van der Waals surface area contributed by atoms with E-state index in [0.717, 1.165) is 5.52 Å². The number of hydrogen-bond donors (Lipinski definition) is 1. The zero-order valence-corrected chi connectivity index (χ0v) is 11.2. The summed E-state index contributed by atoms with van der Waals surface area (Å²) in [5, 5.41) is 8.06. The number of aromatic nitrogens is 2. The second kappa shape index (κ2) is 5.99. The molecular weight excluding hydrogens is 278 g/mol. The van der Waals surface area contributed by atoms with Crippen LogP contribution in [0.1, 0.15) is 5.56 Å². The van der Waals surface area contributed by atoms with Crippen LogP contribution in [0.4, 0.5) is 0 Å². The van der Waals surface area contributed by atoms with Gasteiger partial charge in [0.25, 0.3) is 0 Å². The molecule has 1 heterocycles. The molecule has 2 aromatic rings. The molecule has 14 heavy (non-hydrogen) atoms. The van der Waals surface area contributed by atoms with Crippen molar-refractivity contribution in [1.82, 2.24) is 10.2 Å². The van der Waals surface area contributed by atoms with Gasteiger partial charge in [-0.3, -0.25) is 5.10 Å². The van der Waals surface area contributed by atoms with Gasteiger partial charge in [0.1, 0.15) is 0 Å². The number of nitrogens with one attached hydrogen (secondary N) is 1. The number of hydrogen-bond acceptors (Lipinski definition) is 1. The van der Waals surface area contributed by atoms with Crippen molar-refractivity contribution in [3.8, 4) is 0 Å². The van der Waals surface area contributed by atoms with Crippen molar-refractivity contribution in [3.05, 3.63) is 30.0 Å². The van der Waals surface area contributed by atoms with Crippen molar-refractivity contribution in [2.45, 2.75) is 6.92 Å². The minimum absolute atomic E-state index is 1.14. The third-order valence-electron chi connectivity index (χ3n) is 1.69.